The molecular weight excluding hydrogens is 244 g/mol. The van der Waals surface area contributed by atoms with E-state index in [9.17, 15) is 0 Å². The zero-order chi connectivity index (χ0) is 14.2. The minimum absolute atomic E-state index is 0.373. The van der Waals surface area contributed by atoms with E-state index in [-0.39, 0.29) is 0 Å². The molecule has 0 bridgehead atoms. The highest BCUT2D eigenvalue weighted by atomic mass is 14.9. The van der Waals surface area contributed by atoms with Crippen molar-refractivity contribution in [2.75, 3.05) is 6.54 Å². The van der Waals surface area contributed by atoms with Crippen LogP contribution in [0.25, 0.3) is 0 Å². The van der Waals surface area contributed by atoms with Crippen LogP contribution in [-0.2, 0) is 12.8 Å². The zero-order valence-electron chi connectivity index (χ0n) is 12.5. The SMILES string of the molecule is CCCc1ccc(C(Cc2ccncc2)NCC)cc1. The Hall–Kier alpha value is -1.67. The molecule has 1 atom stereocenters. The minimum atomic E-state index is 0.373. The molecule has 1 aromatic heterocycles. The van der Waals surface area contributed by atoms with Crippen LogP contribution in [0.4, 0.5) is 0 Å². The van der Waals surface area contributed by atoms with Crippen molar-refractivity contribution in [2.45, 2.75) is 39.2 Å². The molecule has 1 heterocycles. The normalized spacial score (nSPS) is 12.3. The van der Waals surface area contributed by atoms with E-state index in [1.807, 2.05) is 12.4 Å². The van der Waals surface area contributed by atoms with Crippen molar-refractivity contribution < 1.29 is 0 Å². The van der Waals surface area contributed by atoms with Crippen LogP contribution in [0.2, 0.25) is 0 Å². The molecule has 0 saturated carbocycles. The number of hydrogen-bond donors (Lipinski definition) is 1. The van der Waals surface area contributed by atoms with Crippen molar-refractivity contribution in [3.63, 3.8) is 0 Å². The lowest BCUT2D eigenvalue weighted by Crippen LogP contribution is -2.23. The van der Waals surface area contributed by atoms with Gasteiger partial charge in [0, 0.05) is 18.4 Å². The summed E-state index contributed by atoms with van der Waals surface area (Å²) in [7, 11) is 0. The Balaban J connectivity index is 2.11. The lowest BCUT2D eigenvalue weighted by Gasteiger charge is -2.19. The Bertz CT molecular complexity index is 491. The molecule has 2 nitrogen and oxygen atoms in total. The van der Waals surface area contributed by atoms with Crippen molar-refractivity contribution in [1.82, 2.24) is 10.3 Å². The predicted octanol–water partition coefficient (Wildman–Crippen LogP) is 3.93. The van der Waals surface area contributed by atoms with Gasteiger partial charge in [0.1, 0.15) is 0 Å². The molecule has 1 unspecified atom stereocenters. The summed E-state index contributed by atoms with van der Waals surface area (Å²) in [5.41, 5.74) is 4.11. The van der Waals surface area contributed by atoms with E-state index >= 15 is 0 Å². The Morgan fingerprint density at radius 2 is 1.65 bits per heavy atom. The highest BCUT2D eigenvalue weighted by Gasteiger charge is 2.10. The summed E-state index contributed by atoms with van der Waals surface area (Å²) in [6, 6.07) is 13.6. The molecule has 0 saturated heterocycles. The number of aromatic nitrogens is 1. The average Bonchev–Trinajstić information content (AvgIpc) is 2.49. The molecule has 2 heteroatoms. The quantitative estimate of drug-likeness (QED) is 0.823. The second-order valence-electron chi connectivity index (χ2n) is 5.16. The summed E-state index contributed by atoms with van der Waals surface area (Å²) in [5.74, 6) is 0. The lowest BCUT2D eigenvalue weighted by atomic mass is 9.97. The smallest absolute Gasteiger partial charge is 0.0360 e. The molecule has 20 heavy (non-hydrogen) atoms. The fraction of sp³-hybridized carbons (Fsp3) is 0.389. The van der Waals surface area contributed by atoms with Gasteiger partial charge in [-0.1, -0.05) is 44.5 Å². The second-order valence-corrected chi connectivity index (χ2v) is 5.16. The summed E-state index contributed by atoms with van der Waals surface area (Å²) >= 11 is 0. The van der Waals surface area contributed by atoms with E-state index in [1.165, 1.54) is 23.1 Å². The first kappa shape index (κ1) is 14.7. The van der Waals surface area contributed by atoms with Crippen LogP contribution in [0.1, 0.15) is 43.0 Å². The summed E-state index contributed by atoms with van der Waals surface area (Å²) in [5, 5.41) is 3.58. The number of benzene rings is 1. The number of rotatable bonds is 7. The molecule has 1 aromatic carbocycles. The van der Waals surface area contributed by atoms with Gasteiger partial charge in [-0.25, -0.2) is 0 Å². The number of likely N-dealkylation sites (N-methyl/N-ethyl adjacent to an activating group) is 1. The third-order valence-electron chi connectivity index (χ3n) is 3.56. The van der Waals surface area contributed by atoms with Crippen molar-refractivity contribution in [1.29, 1.82) is 0 Å². The standard InChI is InChI=1S/C18H24N2/c1-3-5-15-6-8-17(9-7-15)18(20-4-2)14-16-10-12-19-13-11-16/h6-13,18,20H,3-5,14H2,1-2H3. The largest absolute Gasteiger partial charge is 0.310 e. The Labute approximate surface area is 122 Å². The first-order valence-corrected chi connectivity index (χ1v) is 7.54. The monoisotopic (exact) mass is 268 g/mol. The van der Waals surface area contributed by atoms with E-state index in [0.29, 0.717) is 6.04 Å². The van der Waals surface area contributed by atoms with Crippen LogP contribution in [0, 0.1) is 0 Å². The van der Waals surface area contributed by atoms with Gasteiger partial charge in [0.25, 0.3) is 0 Å². The lowest BCUT2D eigenvalue weighted by molar-refractivity contribution is 0.549. The number of nitrogens with one attached hydrogen (secondary N) is 1. The van der Waals surface area contributed by atoms with E-state index < -0.39 is 0 Å². The molecule has 0 spiro atoms. The Morgan fingerprint density at radius 3 is 2.25 bits per heavy atom. The molecule has 0 aliphatic carbocycles. The van der Waals surface area contributed by atoms with Gasteiger partial charge in [0.05, 0.1) is 0 Å². The molecule has 0 aliphatic heterocycles. The van der Waals surface area contributed by atoms with E-state index in [2.05, 4.69) is 60.5 Å². The molecule has 2 aromatic rings. The maximum atomic E-state index is 4.08. The number of hydrogen-bond acceptors (Lipinski definition) is 2. The fourth-order valence-corrected chi connectivity index (χ4v) is 2.51. The van der Waals surface area contributed by atoms with Crippen LogP contribution < -0.4 is 5.32 Å². The van der Waals surface area contributed by atoms with Crippen molar-refractivity contribution in [3.8, 4) is 0 Å². The van der Waals surface area contributed by atoms with Gasteiger partial charge in [-0.05, 0) is 48.2 Å². The van der Waals surface area contributed by atoms with Crippen LogP contribution in [0.5, 0.6) is 0 Å². The van der Waals surface area contributed by atoms with Crippen molar-refractivity contribution in [3.05, 3.63) is 65.5 Å². The molecule has 2 rings (SSSR count). The van der Waals surface area contributed by atoms with Gasteiger partial charge in [-0.3, -0.25) is 4.98 Å². The maximum Gasteiger partial charge on any atom is 0.0360 e. The van der Waals surface area contributed by atoms with Crippen LogP contribution in [0.15, 0.2) is 48.8 Å². The molecular formula is C18H24N2. The Kier molecular flexibility index (Phi) is 5.75. The van der Waals surface area contributed by atoms with Crippen LogP contribution in [0.3, 0.4) is 0 Å². The van der Waals surface area contributed by atoms with Crippen LogP contribution in [-0.4, -0.2) is 11.5 Å². The van der Waals surface area contributed by atoms with E-state index in [1.54, 1.807) is 0 Å². The highest BCUT2D eigenvalue weighted by molar-refractivity contribution is 5.27. The van der Waals surface area contributed by atoms with Gasteiger partial charge in [0.2, 0.25) is 0 Å². The summed E-state index contributed by atoms with van der Waals surface area (Å²) in [6.07, 6.45) is 7.10. The zero-order valence-corrected chi connectivity index (χ0v) is 12.5. The van der Waals surface area contributed by atoms with Gasteiger partial charge in [0.15, 0.2) is 0 Å². The topological polar surface area (TPSA) is 24.9 Å². The van der Waals surface area contributed by atoms with Gasteiger partial charge < -0.3 is 5.32 Å². The maximum absolute atomic E-state index is 4.08. The molecule has 106 valence electrons. The second kappa shape index (κ2) is 7.81. The number of nitrogens with zero attached hydrogens (tertiary/aromatic N) is 1. The van der Waals surface area contributed by atoms with Crippen LogP contribution >= 0.6 is 0 Å². The molecule has 0 aliphatic rings. The minimum Gasteiger partial charge on any atom is -0.310 e. The highest BCUT2D eigenvalue weighted by Crippen LogP contribution is 2.19. The predicted molar refractivity (Wildman–Crippen MR) is 84.8 cm³/mol. The number of pyridine rings is 1. The fourth-order valence-electron chi connectivity index (χ4n) is 2.51. The third-order valence-corrected chi connectivity index (χ3v) is 3.56. The first-order valence-electron chi connectivity index (χ1n) is 7.54. The summed E-state index contributed by atoms with van der Waals surface area (Å²) in [4.78, 5) is 4.08. The molecule has 0 radical (unpaired) electrons. The molecule has 1 N–H and O–H groups in total. The van der Waals surface area contributed by atoms with Gasteiger partial charge in [-0.15, -0.1) is 0 Å². The van der Waals surface area contributed by atoms with Crippen molar-refractivity contribution in [2.24, 2.45) is 0 Å². The molecule has 0 fully saturated rings. The van der Waals surface area contributed by atoms with Gasteiger partial charge >= 0.3 is 0 Å². The Morgan fingerprint density at radius 1 is 0.950 bits per heavy atom. The van der Waals surface area contributed by atoms with E-state index in [4.69, 9.17) is 0 Å². The van der Waals surface area contributed by atoms with Crippen molar-refractivity contribution >= 4 is 0 Å². The summed E-state index contributed by atoms with van der Waals surface area (Å²) in [6.45, 7) is 5.36. The first-order chi connectivity index (χ1) is 9.83. The average molecular weight is 268 g/mol. The number of aryl methyl sites for hydroxylation is 1. The molecule has 0 amide bonds. The summed E-state index contributed by atoms with van der Waals surface area (Å²) < 4.78 is 0. The van der Waals surface area contributed by atoms with Gasteiger partial charge in [-0.2, -0.15) is 0 Å². The third kappa shape index (κ3) is 4.17. The van der Waals surface area contributed by atoms with E-state index in [0.717, 1.165) is 19.4 Å².